The second kappa shape index (κ2) is 7.21. The minimum atomic E-state index is -0.490. The Balaban J connectivity index is 1.51. The molecule has 0 radical (unpaired) electrons. The highest BCUT2D eigenvalue weighted by atomic mass is 19.1. The first-order valence-electron chi connectivity index (χ1n) is 9.43. The van der Waals surface area contributed by atoms with Crippen molar-refractivity contribution < 1.29 is 18.1 Å². The van der Waals surface area contributed by atoms with E-state index in [1.165, 1.54) is 12.3 Å². The number of carbonyl (C=O) groups is 1. The van der Waals surface area contributed by atoms with Crippen LogP contribution in [0.1, 0.15) is 21.9 Å². The summed E-state index contributed by atoms with van der Waals surface area (Å²) in [6.45, 7) is 3.50. The van der Waals surface area contributed by atoms with E-state index >= 15 is 0 Å². The number of carbonyl (C=O) groups excluding carboxylic acids is 1. The summed E-state index contributed by atoms with van der Waals surface area (Å²) in [7, 11) is 0. The minimum Gasteiger partial charge on any atom is -0.463 e. The summed E-state index contributed by atoms with van der Waals surface area (Å²) < 4.78 is 27.0. The summed E-state index contributed by atoms with van der Waals surface area (Å²) in [5.41, 5.74) is 2.11. The van der Waals surface area contributed by atoms with Gasteiger partial charge in [0.05, 0.1) is 28.6 Å². The first-order chi connectivity index (χ1) is 15.0. The highest BCUT2D eigenvalue weighted by molar-refractivity contribution is 6.13. The number of pyridine rings is 1. The Labute approximate surface area is 175 Å². The first kappa shape index (κ1) is 18.7. The Bertz CT molecular complexity index is 1420. The molecule has 0 aliphatic heterocycles. The Morgan fingerprint density at radius 2 is 2.06 bits per heavy atom. The fraction of sp³-hybridized carbons (Fsp3) is 0.0909. The van der Waals surface area contributed by atoms with Gasteiger partial charge in [-0.1, -0.05) is 5.16 Å². The van der Waals surface area contributed by atoms with Gasteiger partial charge >= 0.3 is 0 Å². The van der Waals surface area contributed by atoms with Gasteiger partial charge in [0.2, 0.25) is 0 Å². The average Bonchev–Trinajstić information content (AvgIpc) is 3.50. The third-order valence-corrected chi connectivity index (χ3v) is 4.93. The van der Waals surface area contributed by atoms with Gasteiger partial charge in [0.25, 0.3) is 11.6 Å². The molecule has 8 nitrogen and oxygen atoms in total. The first-order valence-corrected chi connectivity index (χ1v) is 9.43. The van der Waals surface area contributed by atoms with Crippen molar-refractivity contribution in [3.63, 3.8) is 0 Å². The molecule has 4 aromatic heterocycles. The number of aryl methyl sites for hydroxylation is 2. The van der Waals surface area contributed by atoms with Gasteiger partial charge in [-0.25, -0.2) is 14.4 Å². The largest absolute Gasteiger partial charge is 0.463 e. The quantitative estimate of drug-likeness (QED) is 0.456. The molecule has 0 unspecified atom stereocenters. The number of hydrogen-bond donors (Lipinski definition) is 1. The lowest BCUT2D eigenvalue weighted by Crippen LogP contribution is -2.13. The lowest BCUT2D eigenvalue weighted by Gasteiger charge is -2.10. The average molecular weight is 417 g/mol. The Hall–Kier alpha value is -4.27. The molecular formula is C22H16FN5O3. The van der Waals surface area contributed by atoms with Crippen LogP contribution < -0.4 is 5.32 Å². The number of rotatable bonds is 4. The summed E-state index contributed by atoms with van der Waals surface area (Å²) in [5.74, 6) is 0.202. The monoisotopic (exact) mass is 417 g/mol. The minimum absolute atomic E-state index is 0.216. The number of benzene rings is 1. The van der Waals surface area contributed by atoms with Crippen molar-refractivity contribution in [2.75, 3.05) is 5.32 Å². The van der Waals surface area contributed by atoms with E-state index in [4.69, 9.17) is 8.94 Å². The van der Waals surface area contributed by atoms with Crippen LogP contribution in [0, 0.1) is 19.7 Å². The predicted molar refractivity (Wildman–Crippen MR) is 110 cm³/mol. The van der Waals surface area contributed by atoms with E-state index in [-0.39, 0.29) is 5.71 Å². The Morgan fingerprint density at radius 3 is 2.77 bits per heavy atom. The molecule has 0 fully saturated rings. The van der Waals surface area contributed by atoms with Crippen LogP contribution in [0.2, 0.25) is 0 Å². The molecule has 1 aromatic carbocycles. The molecule has 0 atom stereocenters. The van der Waals surface area contributed by atoms with E-state index < -0.39 is 11.7 Å². The summed E-state index contributed by atoms with van der Waals surface area (Å²) in [6.07, 6.45) is 4.78. The lowest BCUT2D eigenvalue weighted by molar-refractivity contribution is 0.102. The molecule has 4 heterocycles. The molecule has 0 spiro atoms. The van der Waals surface area contributed by atoms with Gasteiger partial charge in [0, 0.05) is 18.1 Å². The van der Waals surface area contributed by atoms with Crippen LogP contribution in [0.3, 0.4) is 0 Å². The summed E-state index contributed by atoms with van der Waals surface area (Å²) in [5, 5.41) is 7.14. The molecule has 0 aliphatic carbocycles. The van der Waals surface area contributed by atoms with E-state index in [0.717, 1.165) is 0 Å². The zero-order chi connectivity index (χ0) is 21.5. The normalized spacial score (nSPS) is 11.2. The Kier molecular flexibility index (Phi) is 4.36. The van der Waals surface area contributed by atoms with Crippen LogP contribution in [-0.2, 0) is 0 Å². The number of amides is 1. The number of anilines is 1. The molecule has 154 valence electrons. The van der Waals surface area contributed by atoms with Gasteiger partial charge in [0.15, 0.2) is 5.76 Å². The second-order valence-electron chi connectivity index (χ2n) is 6.95. The summed E-state index contributed by atoms with van der Waals surface area (Å²) in [6, 6.07) is 9.52. The van der Waals surface area contributed by atoms with Gasteiger partial charge < -0.3 is 18.8 Å². The molecule has 0 saturated carbocycles. The van der Waals surface area contributed by atoms with Crippen LogP contribution in [0.25, 0.3) is 28.2 Å². The van der Waals surface area contributed by atoms with Crippen LogP contribution >= 0.6 is 0 Å². The number of hydrogen-bond acceptors (Lipinski definition) is 6. The number of fused-ring (bicyclic) bond motifs is 1. The van der Waals surface area contributed by atoms with E-state index in [0.29, 0.717) is 45.3 Å². The van der Waals surface area contributed by atoms with Crippen LogP contribution in [0.15, 0.2) is 64.0 Å². The highest BCUT2D eigenvalue weighted by Gasteiger charge is 2.21. The molecule has 5 rings (SSSR count). The lowest BCUT2D eigenvalue weighted by atomic mass is 10.1. The van der Waals surface area contributed by atoms with E-state index in [9.17, 15) is 9.18 Å². The maximum atomic E-state index is 14.7. The third kappa shape index (κ3) is 3.25. The Morgan fingerprint density at radius 1 is 1.19 bits per heavy atom. The number of nitrogens with zero attached hydrogens (tertiary/aromatic N) is 4. The SMILES string of the molecule is Cc1noc2nc(-c3ccco3)cc(C(=O)Nc3ccc(-n4ccnc4C)c(F)c3)c12. The van der Waals surface area contributed by atoms with Crippen molar-refractivity contribution in [2.45, 2.75) is 13.8 Å². The van der Waals surface area contributed by atoms with Gasteiger partial charge in [-0.05, 0) is 50.2 Å². The fourth-order valence-corrected chi connectivity index (χ4v) is 3.44. The van der Waals surface area contributed by atoms with Crippen molar-refractivity contribution in [3.8, 4) is 17.1 Å². The van der Waals surface area contributed by atoms with Gasteiger partial charge in [-0.2, -0.15) is 0 Å². The van der Waals surface area contributed by atoms with Crippen molar-refractivity contribution in [3.05, 3.63) is 78.0 Å². The standard InChI is InChI=1S/C22H16FN5O3/c1-12-20-15(11-17(19-4-3-9-30-19)26-22(20)31-27-12)21(29)25-14-5-6-18(16(23)10-14)28-8-7-24-13(28)2/h3-11H,1-2H3,(H,25,29). The highest BCUT2D eigenvalue weighted by Crippen LogP contribution is 2.28. The number of nitrogens with one attached hydrogen (secondary N) is 1. The zero-order valence-corrected chi connectivity index (χ0v) is 16.6. The van der Waals surface area contributed by atoms with Gasteiger partial charge in [-0.3, -0.25) is 4.79 Å². The molecular weight excluding hydrogens is 401 g/mol. The molecule has 5 aromatic rings. The molecule has 0 aliphatic rings. The summed E-state index contributed by atoms with van der Waals surface area (Å²) in [4.78, 5) is 21.6. The molecule has 1 amide bonds. The van der Waals surface area contributed by atoms with Gasteiger partial charge in [0.1, 0.15) is 17.3 Å². The maximum absolute atomic E-state index is 14.7. The number of aromatic nitrogens is 4. The molecule has 0 saturated heterocycles. The number of imidazole rings is 1. The molecule has 31 heavy (non-hydrogen) atoms. The van der Waals surface area contributed by atoms with Crippen molar-refractivity contribution in [1.29, 1.82) is 0 Å². The van der Waals surface area contributed by atoms with Crippen LogP contribution in [0.4, 0.5) is 10.1 Å². The van der Waals surface area contributed by atoms with Crippen LogP contribution in [-0.4, -0.2) is 25.6 Å². The number of furan rings is 1. The molecule has 0 bridgehead atoms. The van der Waals surface area contributed by atoms with Crippen molar-refractivity contribution in [1.82, 2.24) is 19.7 Å². The maximum Gasteiger partial charge on any atom is 0.259 e. The second-order valence-corrected chi connectivity index (χ2v) is 6.95. The fourth-order valence-electron chi connectivity index (χ4n) is 3.44. The third-order valence-electron chi connectivity index (χ3n) is 4.93. The smallest absolute Gasteiger partial charge is 0.259 e. The predicted octanol–water partition coefficient (Wildman–Crippen LogP) is 4.68. The zero-order valence-electron chi connectivity index (χ0n) is 16.6. The molecule has 9 heteroatoms. The van der Waals surface area contributed by atoms with E-state index in [1.54, 1.807) is 61.1 Å². The molecule has 1 N–H and O–H groups in total. The van der Waals surface area contributed by atoms with E-state index in [2.05, 4.69) is 20.4 Å². The van der Waals surface area contributed by atoms with Crippen molar-refractivity contribution >= 4 is 22.7 Å². The number of halogens is 1. The topological polar surface area (TPSA) is 99.0 Å². The van der Waals surface area contributed by atoms with Crippen LogP contribution in [0.5, 0.6) is 0 Å². The summed E-state index contributed by atoms with van der Waals surface area (Å²) >= 11 is 0. The van der Waals surface area contributed by atoms with Crippen molar-refractivity contribution in [2.24, 2.45) is 0 Å². The van der Waals surface area contributed by atoms with Gasteiger partial charge in [-0.15, -0.1) is 0 Å². The van der Waals surface area contributed by atoms with E-state index in [1.807, 2.05) is 0 Å².